The molecule has 0 aromatic heterocycles. The van der Waals surface area contributed by atoms with Crippen LogP contribution in [0.2, 0.25) is 0 Å². The number of hydrogen-bond acceptors (Lipinski definition) is 6. The maximum absolute atomic E-state index is 11.1. The van der Waals surface area contributed by atoms with Gasteiger partial charge in [0.2, 0.25) is 0 Å². The highest BCUT2D eigenvalue weighted by atomic mass is 16.8. The van der Waals surface area contributed by atoms with Crippen LogP contribution in [0.4, 0.5) is 0 Å². The Kier molecular flexibility index (Phi) is 4.63. The van der Waals surface area contributed by atoms with E-state index in [0.717, 1.165) is 0 Å². The summed E-state index contributed by atoms with van der Waals surface area (Å²) in [4.78, 5) is 22.2. The van der Waals surface area contributed by atoms with E-state index in [2.05, 4.69) is 0 Å². The first-order chi connectivity index (χ1) is 8.42. The molecule has 1 heterocycles. The Balaban J connectivity index is 2.83. The highest BCUT2D eigenvalue weighted by molar-refractivity contribution is 5.78. The van der Waals surface area contributed by atoms with Crippen LogP contribution in [0.25, 0.3) is 0 Å². The van der Waals surface area contributed by atoms with E-state index in [9.17, 15) is 9.59 Å². The Morgan fingerprint density at radius 2 is 1.33 bits per heavy atom. The van der Waals surface area contributed by atoms with Gasteiger partial charge in [0, 0.05) is 13.2 Å². The van der Waals surface area contributed by atoms with Crippen molar-refractivity contribution in [3.63, 3.8) is 0 Å². The maximum atomic E-state index is 11.1. The van der Waals surface area contributed by atoms with Gasteiger partial charge in [-0.05, 0) is 13.8 Å². The van der Waals surface area contributed by atoms with Crippen molar-refractivity contribution in [1.29, 1.82) is 0 Å². The van der Waals surface area contributed by atoms with Crippen molar-refractivity contribution in [2.45, 2.75) is 25.4 Å². The number of rotatable bonds is 6. The molecule has 18 heavy (non-hydrogen) atoms. The fraction of sp³-hybridized carbons (Fsp3) is 0.800. The van der Waals surface area contributed by atoms with E-state index in [1.807, 2.05) is 0 Å². The molecular formula is C10H16O8. The summed E-state index contributed by atoms with van der Waals surface area (Å²) in [6.45, 7) is 2.23. The molecule has 0 aromatic rings. The first kappa shape index (κ1) is 14.8. The summed E-state index contributed by atoms with van der Waals surface area (Å²) in [7, 11) is 0. The molecule has 0 spiro atoms. The molecule has 0 bridgehead atoms. The molecule has 8 nitrogen and oxygen atoms in total. The predicted octanol–water partition coefficient (Wildman–Crippen LogP) is -0.332. The van der Waals surface area contributed by atoms with Gasteiger partial charge in [-0.15, -0.1) is 0 Å². The zero-order chi connectivity index (χ0) is 13.8. The standard InChI is InChI=1S/C10H16O8/c1-3-15-9(7(11)12)5-18-10(6-17-9,8(13)14)16-4-2/h3-6H2,1-2H3,(H,11,12)(H,13,14). The summed E-state index contributed by atoms with van der Waals surface area (Å²) in [6.07, 6.45) is 0. The van der Waals surface area contributed by atoms with Crippen molar-refractivity contribution >= 4 is 11.9 Å². The molecule has 1 aliphatic heterocycles. The minimum absolute atomic E-state index is 0.0877. The van der Waals surface area contributed by atoms with Crippen LogP contribution in [-0.2, 0) is 28.5 Å². The second kappa shape index (κ2) is 5.61. The van der Waals surface area contributed by atoms with Crippen LogP contribution in [0, 0.1) is 0 Å². The molecule has 1 fully saturated rings. The third kappa shape index (κ3) is 2.61. The van der Waals surface area contributed by atoms with Gasteiger partial charge in [0.1, 0.15) is 13.2 Å². The van der Waals surface area contributed by atoms with Crippen LogP contribution >= 0.6 is 0 Å². The largest absolute Gasteiger partial charge is 0.477 e. The Hall–Kier alpha value is -1.22. The van der Waals surface area contributed by atoms with Gasteiger partial charge in [0.15, 0.2) is 0 Å². The summed E-state index contributed by atoms with van der Waals surface area (Å²) in [6, 6.07) is 0. The molecule has 2 atom stereocenters. The lowest BCUT2D eigenvalue weighted by molar-refractivity contribution is -0.365. The van der Waals surface area contributed by atoms with Crippen LogP contribution in [0.3, 0.4) is 0 Å². The van der Waals surface area contributed by atoms with Crippen LogP contribution in [0.5, 0.6) is 0 Å². The fourth-order valence-electron chi connectivity index (χ4n) is 1.51. The van der Waals surface area contributed by atoms with Crippen LogP contribution < -0.4 is 0 Å². The third-order valence-electron chi connectivity index (χ3n) is 2.40. The molecule has 0 radical (unpaired) electrons. The highest BCUT2D eigenvalue weighted by Crippen LogP contribution is 2.28. The first-order valence-electron chi connectivity index (χ1n) is 5.45. The SMILES string of the molecule is CCOC1(C(=O)O)COC(OCC)(C(=O)O)CO1. The molecule has 0 amide bonds. The zero-order valence-corrected chi connectivity index (χ0v) is 10.2. The van der Waals surface area contributed by atoms with E-state index < -0.39 is 36.7 Å². The molecule has 1 rings (SSSR count). The zero-order valence-electron chi connectivity index (χ0n) is 10.2. The average Bonchev–Trinajstić information content (AvgIpc) is 2.32. The van der Waals surface area contributed by atoms with Crippen LogP contribution in [0.15, 0.2) is 0 Å². The number of hydrogen-bond donors (Lipinski definition) is 2. The smallest absolute Gasteiger partial charge is 0.367 e. The van der Waals surface area contributed by atoms with Gasteiger partial charge in [-0.25, -0.2) is 9.59 Å². The minimum atomic E-state index is -1.98. The number of carboxylic acid groups (broad SMARTS) is 2. The number of aliphatic carboxylic acids is 2. The van der Waals surface area contributed by atoms with Gasteiger partial charge in [-0.1, -0.05) is 0 Å². The lowest BCUT2D eigenvalue weighted by atomic mass is 10.2. The molecule has 104 valence electrons. The van der Waals surface area contributed by atoms with Gasteiger partial charge in [-0.3, -0.25) is 0 Å². The highest BCUT2D eigenvalue weighted by Gasteiger charge is 2.55. The molecular weight excluding hydrogens is 248 g/mol. The molecule has 0 aliphatic carbocycles. The Morgan fingerprint density at radius 3 is 1.50 bits per heavy atom. The molecule has 2 unspecified atom stereocenters. The van der Waals surface area contributed by atoms with E-state index in [-0.39, 0.29) is 13.2 Å². The van der Waals surface area contributed by atoms with Crippen molar-refractivity contribution in [3.8, 4) is 0 Å². The number of ether oxygens (including phenoxy) is 4. The normalized spacial score (nSPS) is 32.1. The summed E-state index contributed by atoms with van der Waals surface area (Å²) in [5, 5.41) is 18.1. The Labute approximate surface area is 103 Å². The second-order valence-corrected chi connectivity index (χ2v) is 3.56. The quantitative estimate of drug-likeness (QED) is 0.670. The predicted molar refractivity (Wildman–Crippen MR) is 55.9 cm³/mol. The molecule has 0 aromatic carbocycles. The molecule has 8 heteroatoms. The van der Waals surface area contributed by atoms with Crippen molar-refractivity contribution in [3.05, 3.63) is 0 Å². The maximum Gasteiger partial charge on any atom is 0.367 e. The van der Waals surface area contributed by atoms with Gasteiger partial charge in [-0.2, -0.15) is 0 Å². The minimum Gasteiger partial charge on any atom is -0.477 e. The van der Waals surface area contributed by atoms with Gasteiger partial charge in [0.25, 0.3) is 11.6 Å². The second-order valence-electron chi connectivity index (χ2n) is 3.56. The molecule has 2 N–H and O–H groups in total. The monoisotopic (exact) mass is 264 g/mol. The average molecular weight is 264 g/mol. The van der Waals surface area contributed by atoms with Crippen LogP contribution in [-0.4, -0.2) is 60.2 Å². The van der Waals surface area contributed by atoms with Crippen molar-refractivity contribution in [2.75, 3.05) is 26.4 Å². The number of carbonyl (C=O) groups is 2. The topological polar surface area (TPSA) is 112 Å². The first-order valence-corrected chi connectivity index (χ1v) is 5.45. The van der Waals surface area contributed by atoms with E-state index in [1.165, 1.54) is 0 Å². The lowest BCUT2D eigenvalue weighted by Crippen LogP contribution is -2.62. The lowest BCUT2D eigenvalue weighted by Gasteiger charge is -2.40. The summed E-state index contributed by atoms with van der Waals surface area (Å²) < 4.78 is 20.1. The van der Waals surface area contributed by atoms with Crippen molar-refractivity contribution in [1.82, 2.24) is 0 Å². The molecule has 1 aliphatic rings. The summed E-state index contributed by atoms with van der Waals surface area (Å²) in [5.74, 6) is -6.71. The van der Waals surface area contributed by atoms with E-state index >= 15 is 0 Å². The van der Waals surface area contributed by atoms with E-state index in [0.29, 0.717) is 0 Å². The summed E-state index contributed by atoms with van der Waals surface area (Å²) in [5.41, 5.74) is 0. The fourth-order valence-corrected chi connectivity index (χ4v) is 1.51. The number of carboxylic acids is 2. The van der Waals surface area contributed by atoms with Gasteiger partial charge < -0.3 is 29.2 Å². The summed E-state index contributed by atoms with van der Waals surface area (Å²) >= 11 is 0. The van der Waals surface area contributed by atoms with Crippen molar-refractivity contribution < 1.29 is 38.7 Å². The van der Waals surface area contributed by atoms with Crippen LogP contribution in [0.1, 0.15) is 13.8 Å². The van der Waals surface area contributed by atoms with E-state index in [1.54, 1.807) is 13.8 Å². The van der Waals surface area contributed by atoms with E-state index in [4.69, 9.17) is 29.2 Å². The van der Waals surface area contributed by atoms with Gasteiger partial charge >= 0.3 is 11.9 Å². The third-order valence-corrected chi connectivity index (χ3v) is 2.40. The molecule has 0 saturated carbocycles. The molecule has 1 saturated heterocycles. The van der Waals surface area contributed by atoms with Crippen molar-refractivity contribution in [2.24, 2.45) is 0 Å². The Morgan fingerprint density at radius 1 is 1.00 bits per heavy atom. The van der Waals surface area contributed by atoms with Gasteiger partial charge in [0.05, 0.1) is 0 Å². The Bertz CT molecular complexity index is 286.